The van der Waals surface area contributed by atoms with Crippen molar-refractivity contribution in [3.8, 4) is 0 Å². The maximum Gasteiger partial charge on any atom is 0.416 e. The van der Waals surface area contributed by atoms with E-state index in [-0.39, 0.29) is 16.9 Å². The fourth-order valence-corrected chi connectivity index (χ4v) is 2.81. The molecule has 1 aromatic rings. The van der Waals surface area contributed by atoms with Crippen molar-refractivity contribution < 1.29 is 13.2 Å². The van der Waals surface area contributed by atoms with E-state index in [2.05, 4.69) is 20.8 Å². The van der Waals surface area contributed by atoms with Crippen LogP contribution in [-0.2, 0) is 11.5 Å². The van der Waals surface area contributed by atoms with E-state index in [1.807, 2.05) is 13.8 Å². The fraction of sp³-hybridized carbons (Fsp3) is 0.600. The van der Waals surface area contributed by atoms with Crippen LogP contribution in [0.3, 0.4) is 0 Å². The molecule has 0 aromatic heterocycles. The average Bonchev–Trinajstić information content (AvgIpc) is 3.17. The number of anilines is 1. The molecule has 2 rings (SSSR count). The van der Waals surface area contributed by atoms with E-state index in [9.17, 15) is 13.2 Å². The molecule has 0 spiro atoms. The Morgan fingerprint density at radius 1 is 1.30 bits per heavy atom. The van der Waals surface area contributed by atoms with Gasteiger partial charge in [0.1, 0.15) is 0 Å². The molecule has 1 nitrogen and oxygen atoms in total. The molecule has 0 N–H and O–H groups in total. The van der Waals surface area contributed by atoms with Crippen LogP contribution in [-0.4, -0.2) is 12.6 Å². The lowest BCUT2D eigenvalue weighted by Crippen LogP contribution is -2.33. The number of hydrogen-bond donors (Lipinski definition) is 0. The molecule has 20 heavy (non-hydrogen) atoms. The second kappa shape index (κ2) is 5.96. The summed E-state index contributed by atoms with van der Waals surface area (Å²) in [6.07, 6.45) is -1.93. The summed E-state index contributed by atoms with van der Waals surface area (Å²) < 4.78 is 39.3. The number of nitrogens with zero attached hydrogens (tertiary/aromatic N) is 1. The molecule has 0 aliphatic heterocycles. The highest BCUT2D eigenvalue weighted by Gasteiger charge is 2.34. The van der Waals surface area contributed by atoms with E-state index < -0.39 is 11.7 Å². The molecule has 1 fully saturated rings. The Morgan fingerprint density at radius 3 is 2.40 bits per heavy atom. The first kappa shape index (κ1) is 15.7. The molecule has 0 heterocycles. The smallest absolute Gasteiger partial charge is 0.369 e. The van der Waals surface area contributed by atoms with Crippen LogP contribution in [0, 0.1) is 5.92 Å². The number of halogens is 4. The monoisotopic (exact) mass is 349 g/mol. The molecular weight excluding hydrogens is 331 g/mol. The van der Waals surface area contributed by atoms with Gasteiger partial charge in [0.05, 0.1) is 5.56 Å². The molecule has 1 aliphatic carbocycles. The highest BCUT2D eigenvalue weighted by molar-refractivity contribution is 9.08. The second-order valence-electron chi connectivity index (χ2n) is 5.66. The average molecular weight is 350 g/mol. The highest BCUT2D eigenvalue weighted by Crippen LogP contribution is 2.37. The minimum atomic E-state index is -4.30. The molecule has 112 valence electrons. The van der Waals surface area contributed by atoms with Gasteiger partial charge in [0, 0.05) is 23.6 Å². The zero-order chi connectivity index (χ0) is 14.9. The highest BCUT2D eigenvalue weighted by atomic mass is 79.9. The standard InChI is InChI=1S/C15H19BrF3N/c1-10(2)20(9-11-3-4-11)13-6-5-12(8-16)14(7-13)15(17,18)19/h5-7,10-11H,3-4,8-9H2,1-2H3. The van der Waals surface area contributed by atoms with Crippen LogP contribution in [0.25, 0.3) is 0 Å². The molecule has 0 saturated heterocycles. The van der Waals surface area contributed by atoms with Crippen LogP contribution >= 0.6 is 15.9 Å². The predicted octanol–water partition coefficient (Wildman–Crippen LogP) is 5.23. The van der Waals surface area contributed by atoms with E-state index in [4.69, 9.17) is 0 Å². The van der Waals surface area contributed by atoms with Crippen molar-refractivity contribution in [3.63, 3.8) is 0 Å². The molecule has 0 unspecified atom stereocenters. The Bertz CT molecular complexity index is 467. The third-order valence-electron chi connectivity index (χ3n) is 3.65. The topological polar surface area (TPSA) is 3.24 Å². The van der Waals surface area contributed by atoms with Crippen LogP contribution in [0.4, 0.5) is 18.9 Å². The van der Waals surface area contributed by atoms with E-state index in [1.54, 1.807) is 12.1 Å². The number of benzene rings is 1. The quantitative estimate of drug-likeness (QED) is 0.658. The summed E-state index contributed by atoms with van der Waals surface area (Å²) in [5, 5.41) is 0.215. The molecule has 0 atom stereocenters. The van der Waals surface area contributed by atoms with Crippen LogP contribution < -0.4 is 4.90 Å². The van der Waals surface area contributed by atoms with Crippen molar-refractivity contribution in [2.45, 2.75) is 44.2 Å². The maximum absolute atomic E-state index is 13.1. The van der Waals surface area contributed by atoms with E-state index in [1.165, 1.54) is 18.9 Å². The van der Waals surface area contributed by atoms with Gasteiger partial charge in [-0.25, -0.2) is 0 Å². The lowest BCUT2D eigenvalue weighted by atomic mass is 10.1. The minimum Gasteiger partial charge on any atom is -0.369 e. The van der Waals surface area contributed by atoms with E-state index >= 15 is 0 Å². The first-order valence-corrected chi connectivity index (χ1v) is 7.97. The molecular formula is C15H19BrF3N. The molecule has 0 bridgehead atoms. The minimum absolute atomic E-state index is 0.200. The van der Waals surface area contributed by atoms with Gasteiger partial charge in [-0.05, 0) is 50.3 Å². The van der Waals surface area contributed by atoms with E-state index in [0.717, 1.165) is 6.54 Å². The first-order valence-electron chi connectivity index (χ1n) is 6.85. The van der Waals surface area contributed by atoms with Gasteiger partial charge >= 0.3 is 6.18 Å². The number of rotatable bonds is 5. The zero-order valence-corrected chi connectivity index (χ0v) is 13.3. The second-order valence-corrected chi connectivity index (χ2v) is 6.22. The summed E-state index contributed by atoms with van der Waals surface area (Å²) in [7, 11) is 0. The van der Waals surface area contributed by atoms with Crippen molar-refractivity contribution in [3.05, 3.63) is 29.3 Å². The Kier molecular flexibility index (Phi) is 4.67. The van der Waals surface area contributed by atoms with Gasteiger partial charge in [-0.2, -0.15) is 13.2 Å². The summed E-state index contributed by atoms with van der Waals surface area (Å²) >= 11 is 3.13. The molecule has 0 amide bonds. The van der Waals surface area contributed by atoms with Crippen molar-refractivity contribution >= 4 is 21.6 Å². The fourth-order valence-electron chi connectivity index (χ4n) is 2.32. The van der Waals surface area contributed by atoms with Crippen molar-refractivity contribution in [2.75, 3.05) is 11.4 Å². The van der Waals surface area contributed by atoms with Gasteiger partial charge in [0.2, 0.25) is 0 Å². The Balaban J connectivity index is 2.34. The van der Waals surface area contributed by atoms with Crippen molar-refractivity contribution in [1.29, 1.82) is 0 Å². The largest absolute Gasteiger partial charge is 0.416 e. The van der Waals surface area contributed by atoms with Gasteiger partial charge in [0.25, 0.3) is 0 Å². The summed E-state index contributed by atoms with van der Waals surface area (Å²) in [6.45, 7) is 4.89. The zero-order valence-electron chi connectivity index (χ0n) is 11.7. The van der Waals surface area contributed by atoms with Crippen LogP contribution in [0.1, 0.15) is 37.8 Å². The van der Waals surface area contributed by atoms with Crippen molar-refractivity contribution in [2.24, 2.45) is 5.92 Å². The Hall–Kier alpha value is -0.710. The Labute approximate surface area is 126 Å². The molecule has 5 heteroatoms. The molecule has 1 aliphatic rings. The summed E-state index contributed by atoms with van der Waals surface area (Å²) in [4.78, 5) is 2.07. The van der Waals surface area contributed by atoms with Crippen molar-refractivity contribution in [1.82, 2.24) is 0 Å². The summed E-state index contributed by atoms with van der Waals surface area (Å²) in [6, 6.07) is 4.87. The van der Waals surface area contributed by atoms with Crippen LogP contribution in [0.2, 0.25) is 0 Å². The first-order chi connectivity index (χ1) is 9.32. The molecule has 0 radical (unpaired) electrons. The van der Waals surface area contributed by atoms with Gasteiger partial charge in [0.15, 0.2) is 0 Å². The van der Waals surface area contributed by atoms with Gasteiger partial charge < -0.3 is 4.90 Å². The van der Waals surface area contributed by atoms with E-state index in [0.29, 0.717) is 11.6 Å². The Morgan fingerprint density at radius 2 is 1.95 bits per heavy atom. The molecule has 1 saturated carbocycles. The van der Waals surface area contributed by atoms with Gasteiger partial charge in [-0.15, -0.1) is 0 Å². The lowest BCUT2D eigenvalue weighted by molar-refractivity contribution is -0.138. The van der Waals surface area contributed by atoms with Gasteiger partial charge in [-0.1, -0.05) is 22.0 Å². The third-order valence-corrected chi connectivity index (χ3v) is 4.25. The van der Waals surface area contributed by atoms with Crippen LogP contribution in [0.5, 0.6) is 0 Å². The predicted molar refractivity (Wildman–Crippen MR) is 79.3 cm³/mol. The van der Waals surface area contributed by atoms with Crippen LogP contribution in [0.15, 0.2) is 18.2 Å². The summed E-state index contributed by atoms with van der Waals surface area (Å²) in [5.41, 5.74) is 0.425. The number of hydrogen-bond acceptors (Lipinski definition) is 1. The lowest BCUT2D eigenvalue weighted by Gasteiger charge is -2.30. The third kappa shape index (κ3) is 3.68. The van der Waals surface area contributed by atoms with Gasteiger partial charge in [-0.3, -0.25) is 0 Å². The summed E-state index contributed by atoms with van der Waals surface area (Å²) in [5.74, 6) is 0.641. The maximum atomic E-state index is 13.1. The normalized spacial score (nSPS) is 15.8. The SMILES string of the molecule is CC(C)N(CC1CC1)c1ccc(CBr)c(C(F)(F)F)c1. The molecule has 1 aromatic carbocycles. The number of alkyl halides is 4.